The number of halogens is 2. The van der Waals surface area contributed by atoms with Gasteiger partial charge in [0.15, 0.2) is 0 Å². The molecule has 0 spiro atoms. The first-order chi connectivity index (χ1) is 11.4. The van der Waals surface area contributed by atoms with Crippen LogP contribution in [0.3, 0.4) is 0 Å². The molecule has 0 fully saturated rings. The summed E-state index contributed by atoms with van der Waals surface area (Å²) in [5, 5.41) is 10.6. The molecule has 0 saturated heterocycles. The zero-order chi connectivity index (χ0) is 17.5. The van der Waals surface area contributed by atoms with Gasteiger partial charge in [0.05, 0.1) is 19.2 Å². The molecule has 126 valence electrons. The number of rotatable bonds is 4. The third-order valence-corrected chi connectivity index (χ3v) is 6.55. The Morgan fingerprint density at radius 2 is 2.00 bits per heavy atom. The molecular formula is C16H13BrClNO4S. The van der Waals surface area contributed by atoms with Crippen LogP contribution in [0, 0.1) is 0 Å². The van der Waals surface area contributed by atoms with Gasteiger partial charge in [-0.3, -0.25) is 0 Å². The number of hydrogen-bond donors (Lipinski definition) is 1. The van der Waals surface area contributed by atoms with Gasteiger partial charge < -0.3 is 9.84 Å². The van der Waals surface area contributed by atoms with E-state index in [1.807, 2.05) is 0 Å². The summed E-state index contributed by atoms with van der Waals surface area (Å²) in [7, 11) is -2.36. The van der Waals surface area contributed by atoms with Crippen molar-refractivity contribution in [3.63, 3.8) is 0 Å². The molecular weight excluding hydrogens is 418 g/mol. The number of aliphatic hydroxyl groups is 1. The molecule has 0 saturated carbocycles. The molecule has 3 rings (SSSR count). The lowest BCUT2D eigenvalue weighted by atomic mass is 10.2. The summed E-state index contributed by atoms with van der Waals surface area (Å²) in [6.45, 7) is -0.289. The van der Waals surface area contributed by atoms with Crippen LogP contribution in [0.1, 0.15) is 5.56 Å². The molecule has 1 heterocycles. The molecule has 5 nitrogen and oxygen atoms in total. The van der Waals surface area contributed by atoms with Crippen molar-refractivity contribution in [3.8, 4) is 5.75 Å². The minimum Gasteiger partial charge on any atom is -0.497 e. The van der Waals surface area contributed by atoms with E-state index in [-0.39, 0.29) is 11.5 Å². The minimum absolute atomic E-state index is 0.0969. The van der Waals surface area contributed by atoms with Gasteiger partial charge in [-0.05, 0) is 52.3 Å². The van der Waals surface area contributed by atoms with E-state index in [0.717, 1.165) is 3.97 Å². The number of ether oxygens (including phenoxy) is 1. The van der Waals surface area contributed by atoms with Gasteiger partial charge in [0, 0.05) is 26.6 Å². The lowest BCUT2D eigenvalue weighted by Gasteiger charge is -2.10. The molecule has 0 aliphatic heterocycles. The Morgan fingerprint density at radius 3 is 2.62 bits per heavy atom. The summed E-state index contributed by atoms with van der Waals surface area (Å²) in [5.41, 5.74) is 0.937. The predicted molar refractivity (Wildman–Crippen MR) is 96.1 cm³/mol. The van der Waals surface area contributed by atoms with Crippen LogP contribution < -0.4 is 4.74 Å². The van der Waals surface area contributed by atoms with E-state index >= 15 is 0 Å². The highest BCUT2D eigenvalue weighted by atomic mass is 79.9. The molecule has 24 heavy (non-hydrogen) atoms. The Bertz CT molecular complexity index is 1030. The molecule has 0 unspecified atom stereocenters. The fourth-order valence-electron chi connectivity index (χ4n) is 2.49. The molecule has 2 aromatic carbocycles. The maximum Gasteiger partial charge on any atom is 0.269 e. The molecule has 1 aromatic heterocycles. The molecule has 0 atom stereocenters. The van der Waals surface area contributed by atoms with Crippen LogP contribution in [-0.2, 0) is 16.6 Å². The van der Waals surface area contributed by atoms with Crippen molar-refractivity contribution in [2.24, 2.45) is 0 Å². The smallest absolute Gasteiger partial charge is 0.269 e. The molecule has 8 heteroatoms. The summed E-state index contributed by atoms with van der Waals surface area (Å²) >= 11 is 9.26. The van der Waals surface area contributed by atoms with Gasteiger partial charge in [0.25, 0.3) is 10.0 Å². The number of methoxy groups -OCH3 is 1. The van der Waals surface area contributed by atoms with E-state index < -0.39 is 10.0 Å². The van der Waals surface area contributed by atoms with E-state index in [2.05, 4.69) is 15.9 Å². The fraction of sp³-hybridized carbons (Fsp3) is 0.125. The van der Waals surface area contributed by atoms with E-state index in [9.17, 15) is 13.5 Å². The number of benzene rings is 2. The molecule has 1 N–H and O–H groups in total. The molecule has 0 aliphatic carbocycles. The SMILES string of the molecule is COc1ccc(S(=O)(=O)n2cc(CO)c3cc(Cl)ccc32)c(Br)c1. The summed E-state index contributed by atoms with van der Waals surface area (Å²) in [4.78, 5) is 0.0969. The molecule has 0 aliphatic rings. The van der Waals surface area contributed by atoms with Crippen molar-refractivity contribution in [3.05, 3.63) is 57.7 Å². The maximum absolute atomic E-state index is 13.1. The third-order valence-electron chi connectivity index (χ3n) is 3.66. The van der Waals surface area contributed by atoms with Crippen LogP contribution in [0.5, 0.6) is 5.75 Å². The molecule has 0 amide bonds. The Hall–Kier alpha value is -1.54. The van der Waals surface area contributed by atoms with Gasteiger partial charge in [0.1, 0.15) is 10.6 Å². The second-order valence-corrected chi connectivity index (χ2v) is 8.15. The van der Waals surface area contributed by atoms with Crippen molar-refractivity contribution in [2.45, 2.75) is 11.5 Å². The van der Waals surface area contributed by atoms with Gasteiger partial charge in [0.2, 0.25) is 0 Å². The number of aromatic nitrogens is 1. The summed E-state index contributed by atoms with van der Waals surface area (Å²) in [6, 6.07) is 9.50. The van der Waals surface area contributed by atoms with Crippen LogP contribution in [-0.4, -0.2) is 24.6 Å². The maximum atomic E-state index is 13.1. The van der Waals surface area contributed by atoms with Gasteiger partial charge in [-0.1, -0.05) is 11.6 Å². The third kappa shape index (κ3) is 2.82. The lowest BCUT2D eigenvalue weighted by molar-refractivity contribution is 0.283. The zero-order valence-corrected chi connectivity index (χ0v) is 15.7. The second kappa shape index (κ2) is 6.40. The van der Waals surface area contributed by atoms with E-state index in [0.29, 0.717) is 31.7 Å². The standard InChI is InChI=1S/C16H13BrClNO4S/c1-23-12-3-5-16(14(17)7-12)24(21,22)19-8-10(9-20)13-6-11(18)2-4-15(13)19/h2-8,20H,9H2,1H3. The monoisotopic (exact) mass is 429 g/mol. The summed E-state index contributed by atoms with van der Waals surface area (Å²) in [5.74, 6) is 0.543. The molecule has 0 radical (unpaired) electrons. The highest BCUT2D eigenvalue weighted by molar-refractivity contribution is 9.10. The van der Waals surface area contributed by atoms with Crippen molar-refractivity contribution in [2.75, 3.05) is 7.11 Å². The van der Waals surface area contributed by atoms with Crippen molar-refractivity contribution in [1.82, 2.24) is 3.97 Å². The van der Waals surface area contributed by atoms with Crippen LogP contribution in [0.25, 0.3) is 10.9 Å². The highest BCUT2D eigenvalue weighted by Crippen LogP contribution is 2.32. The van der Waals surface area contributed by atoms with Crippen LogP contribution in [0.4, 0.5) is 0 Å². The quantitative estimate of drug-likeness (QED) is 0.684. The van der Waals surface area contributed by atoms with Gasteiger partial charge in [-0.25, -0.2) is 12.4 Å². The normalized spacial score (nSPS) is 11.8. The highest BCUT2D eigenvalue weighted by Gasteiger charge is 2.23. The zero-order valence-electron chi connectivity index (χ0n) is 12.5. The lowest BCUT2D eigenvalue weighted by Crippen LogP contribution is -2.12. The Morgan fingerprint density at radius 1 is 1.25 bits per heavy atom. The average Bonchev–Trinajstić information content (AvgIpc) is 2.92. The van der Waals surface area contributed by atoms with E-state index in [1.165, 1.54) is 19.4 Å². The average molecular weight is 431 g/mol. The number of fused-ring (bicyclic) bond motifs is 1. The predicted octanol–water partition coefficient (Wildman–Crippen LogP) is 3.80. The van der Waals surface area contributed by atoms with Crippen molar-refractivity contribution in [1.29, 1.82) is 0 Å². The van der Waals surface area contributed by atoms with Crippen LogP contribution >= 0.6 is 27.5 Å². The largest absolute Gasteiger partial charge is 0.497 e. The van der Waals surface area contributed by atoms with Crippen molar-refractivity contribution < 1.29 is 18.3 Å². The molecule has 0 bridgehead atoms. The Kier molecular flexibility index (Phi) is 4.61. The summed E-state index contributed by atoms with van der Waals surface area (Å²) in [6.07, 6.45) is 1.41. The van der Waals surface area contributed by atoms with Gasteiger partial charge in [-0.2, -0.15) is 0 Å². The van der Waals surface area contributed by atoms with Crippen LogP contribution in [0.2, 0.25) is 5.02 Å². The topological polar surface area (TPSA) is 68.5 Å². The first kappa shape index (κ1) is 17.3. The summed E-state index contributed by atoms with van der Waals surface area (Å²) < 4.78 is 32.8. The number of aliphatic hydroxyl groups excluding tert-OH is 1. The van der Waals surface area contributed by atoms with E-state index in [1.54, 1.807) is 30.3 Å². The first-order valence-corrected chi connectivity index (χ1v) is 9.49. The van der Waals surface area contributed by atoms with E-state index in [4.69, 9.17) is 16.3 Å². The van der Waals surface area contributed by atoms with Gasteiger partial charge in [-0.15, -0.1) is 0 Å². The van der Waals surface area contributed by atoms with Crippen molar-refractivity contribution >= 4 is 48.5 Å². The van der Waals surface area contributed by atoms with Crippen LogP contribution in [0.15, 0.2) is 52.0 Å². The molecule has 3 aromatic rings. The fourth-order valence-corrected chi connectivity index (χ4v) is 5.07. The second-order valence-electron chi connectivity index (χ2n) is 5.07. The number of hydrogen-bond acceptors (Lipinski definition) is 4. The van der Waals surface area contributed by atoms with Gasteiger partial charge >= 0.3 is 0 Å². The Labute approximate surface area is 152 Å². The minimum atomic E-state index is -3.86. The first-order valence-electron chi connectivity index (χ1n) is 6.88. The number of nitrogens with zero attached hydrogens (tertiary/aromatic N) is 1. The Balaban J connectivity index is 2.26.